The SMILES string of the molecule is Cc1nsc(NCc2cn(-c3ccccc3)nc2C(C)C)n1. The highest BCUT2D eigenvalue weighted by atomic mass is 32.1. The van der Waals surface area contributed by atoms with Gasteiger partial charge in [0.15, 0.2) is 0 Å². The second kappa shape index (κ2) is 6.27. The summed E-state index contributed by atoms with van der Waals surface area (Å²) in [5, 5.41) is 8.92. The second-order valence-corrected chi connectivity index (χ2v) is 6.23. The van der Waals surface area contributed by atoms with Crippen LogP contribution in [0.4, 0.5) is 5.13 Å². The van der Waals surface area contributed by atoms with Crippen molar-refractivity contribution in [2.75, 3.05) is 5.32 Å². The molecule has 3 aromatic rings. The van der Waals surface area contributed by atoms with E-state index in [4.69, 9.17) is 5.10 Å². The van der Waals surface area contributed by atoms with Gasteiger partial charge in [0.25, 0.3) is 0 Å². The van der Waals surface area contributed by atoms with Crippen molar-refractivity contribution in [1.29, 1.82) is 0 Å². The number of hydrogen-bond acceptors (Lipinski definition) is 5. The van der Waals surface area contributed by atoms with Crippen molar-refractivity contribution in [3.8, 4) is 5.69 Å². The molecule has 0 aliphatic heterocycles. The number of para-hydroxylation sites is 1. The molecular weight excluding hydrogens is 294 g/mol. The van der Waals surface area contributed by atoms with Crippen molar-refractivity contribution in [3.63, 3.8) is 0 Å². The minimum Gasteiger partial charge on any atom is -0.356 e. The zero-order valence-corrected chi connectivity index (χ0v) is 13.8. The van der Waals surface area contributed by atoms with Crippen LogP contribution in [0.3, 0.4) is 0 Å². The summed E-state index contributed by atoms with van der Waals surface area (Å²) in [4.78, 5) is 4.33. The van der Waals surface area contributed by atoms with Crippen molar-refractivity contribution in [2.24, 2.45) is 0 Å². The average molecular weight is 313 g/mol. The topological polar surface area (TPSA) is 55.6 Å². The molecule has 0 saturated heterocycles. The Morgan fingerprint density at radius 1 is 1.23 bits per heavy atom. The van der Waals surface area contributed by atoms with Crippen molar-refractivity contribution in [1.82, 2.24) is 19.1 Å². The van der Waals surface area contributed by atoms with Crippen LogP contribution in [0.2, 0.25) is 0 Å². The smallest absolute Gasteiger partial charge is 0.202 e. The Kier molecular flexibility index (Phi) is 4.20. The molecule has 3 rings (SSSR count). The van der Waals surface area contributed by atoms with Crippen LogP contribution in [-0.2, 0) is 6.54 Å². The molecule has 0 radical (unpaired) electrons. The fraction of sp³-hybridized carbons (Fsp3) is 0.312. The Balaban J connectivity index is 1.84. The summed E-state index contributed by atoms with van der Waals surface area (Å²) >= 11 is 1.39. The van der Waals surface area contributed by atoms with E-state index in [2.05, 4.69) is 46.9 Å². The van der Waals surface area contributed by atoms with Gasteiger partial charge in [-0.15, -0.1) is 0 Å². The van der Waals surface area contributed by atoms with Crippen LogP contribution in [0, 0.1) is 6.92 Å². The second-order valence-electron chi connectivity index (χ2n) is 5.47. The van der Waals surface area contributed by atoms with E-state index >= 15 is 0 Å². The maximum absolute atomic E-state index is 4.74. The molecule has 6 heteroatoms. The van der Waals surface area contributed by atoms with Gasteiger partial charge < -0.3 is 5.32 Å². The van der Waals surface area contributed by atoms with Crippen LogP contribution in [0.1, 0.15) is 36.8 Å². The van der Waals surface area contributed by atoms with Gasteiger partial charge in [0, 0.05) is 29.8 Å². The first-order valence-electron chi connectivity index (χ1n) is 7.31. The summed E-state index contributed by atoms with van der Waals surface area (Å²) in [5.74, 6) is 1.18. The zero-order valence-electron chi connectivity index (χ0n) is 12.9. The molecular formula is C16H19N5S. The molecule has 2 heterocycles. The molecule has 22 heavy (non-hydrogen) atoms. The van der Waals surface area contributed by atoms with Gasteiger partial charge in [0.1, 0.15) is 5.82 Å². The van der Waals surface area contributed by atoms with Gasteiger partial charge in [-0.05, 0) is 25.0 Å². The van der Waals surface area contributed by atoms with Gasteiger partial charge in [0.2, 0.25) is 5.13 Å². The molecule has 0 aliphatic carbocycles. The first-order chi connectivity index (χ1) is 10.6. The number of aromatic nitrogens is 4. The number of hydrogen-bond donors (Lipinski definition) is 1. The van der Waals surface area contributed by atoms with E-state index in [0.29, 0.717) is 12.5 Å². The molecule has 0 aliphatic rings. The monoisotopic (exact) mass is 313 g/mol. The normalized spacial score (nSPS) is 11.1. The highest BCUT2D eigenvalue weighted by molar-refractivity contribution is 7.09. The number of nitrogens with zero attached hydrogens (tertiary/aromatic N) is 4. The molecule has 2 aromatic heterocycles. The van der Waals surface area contributed by atoms with Gasteiger partial charge >= 0.3 is 0 Å². The lowest BCUT2D eigenvalue weighted by atomic mass is 10.1. The molecule has 0 bridgehead atoms. The minimum absolute atomic E-state index is 0.373. The lowest BCUT2D eigenvalue weighted by Crippen LogP contribution is -2.02. The molecule has 1 aromatic carbocycles. The van der Waals surface area contributed by atoms with Crippen molar-refractivity contribution in [3.05, 3.63) is 53.6 Å². The van der Waals surface area contributed by atoms with Gasteiger partial charge in [0.05, 0.1) is 11.4 Å². The molecule has 0 fully saturated rings. The van der Waals surface area contributed by atoms with E-state index < -0.39 is 0 Å². The van der Waals surface area contributed by atoms with Crippen LogP contribution in [0.25, 0.3) is 5.69 Å². The summed E-state index contributed by atoms with van der Waals surface area (Å²) < 4.78 is 6.13. The third-order valence-electron chi connectivity index (χ3n) is 3.35. The quantitative estimate of drug-likeness (QED) is 0.779. The maximum atomic E-state index is 4.74. The largest absolute Gasteiger partial charge is 0.356 e. The standard InChI is InChI=1S/C16H19N5S/c1-11(2)15-13(9-17-16-18-12(3)20-22-16)10-21(19-15)14-7-5-4-6-8-14/h4-8,10-11H,9H2,1-3H3,(H,17,18,20). The molecule has 0 spiro atoms. The Morgan fingerprint density at radius 2 is 2.00 bits per heavy atom. The number of aryl methyl sites for hydroxylation is 1. The van der Waals surface area contributed by atoms with Crippen molar-refractivity contribution in [2.45, 2.75) is 33.2 Å². The third-order valence-corrected chi connectivity index (χ3v) is 4.11. The fourth-order valence-corrected chi connectivity index (χ4v) is 2.87. The number of nitrogens with one attached hydrogen (secondary N) is 1. The first kappa shape index (κ1) is 14.7. The van der Waals surface area contributed by atoms with Gasteiger partial charge in [-0.3, -0.25) is 0 Å². The van der Waals surface area contributed by atoms with E-state index in [1.807, 2.05) is 29.8 Å². The maximum Gasteiger partial charge on any atom is 0.202 e. The number of anilines is 1. The molecule has 0 amide bonds. The summed E-state index contributed by atoms with van der Waals surface area (Å²) in [6.07, 6.45) is 2.09. The van der Waals surface area contributed by atoms with Crippen LogP contribution >= 0.6 is 11.5 Å². The van der Waals surface area contributed by atoms with Crippen LogP contribution < -0.4 is 5.32 Å². The summed E-state index contributed by atoms with van der Waals surface area (Å²) in [6.45, 7) is 6.93. The highest BCUT2D eigenvalue weighted by Gasteiger charge is 2.13. The van der Waals surface area contributed by atoms with E-state index in [9.17, 15) is 0 Å². The van der Waals surface area contributed by atoms with Crippen LogP contribution in [0.15, 0.2) is 36.5 Å². The summed E-state index contributed by atoms with van der Waals surface area (Å²) in [7, 11) is 0. The Morgan fingerprint density at radius 3 is 2.64 bits per heavy atom. The summed E-state index contributed by atoms with van der Waals surface area (Å²) in [5.41, 5.74) is 3.37. The van der Waals surface area contributed by atoms with Crippen molar-refractivity contribution < 1.29 is 0 Å². The van der Waals surface area contributed by atoms with Crippen LogP contribution in [0.5, 0.6) is 0 Å². The van der Waals surface area contributed by atoms with Gasteiger partial charge in [-0.25, -0.2) is 9.67 Å². The van der Waals surface area contributed by atoms with E-state index in [-0.39, 0.29) is 0 Å². The highest BCUT2D eigenvalue weighted by Crippen LogP contribution is 2.21. The fourth-order valence-electron chi connectivity index (χ4n) is 2.30. The molecule has 5 nitrogen and oxygen atoms in total. The van der Waals surface area contributed by atoms with E-state index in [1.54, 1.807) is 0 Å². The van der Waals surface area contributed by atoms with Crippen LogP contribution in [-0.4, -0.2) is 19.1 Å². The van der Waals surface area contributed by atoms with Gasteiger partial charge in [-0.2, -0.15) is 9.47 Å². The number of benzene rings is 1. The number of rotatable bonds is 5. The Bertz CT molecular complexity index is 745. The molecule has 0 unspecified atom stereocenters. The average Bonchev–Trinajstić information content (AvgIpc) is 3.12. The van der Waals surface area contributed by atoms with E-state index in [1.165, 1.54) is 17.1 Å². The van der Waals surface area contributed by atoms with Crippen molar-refractivity contribution >= 4 is 16.7 Å². The lowest BCUT2D eigenvalue weighted by molar-refractivity contribution is 0.763. The molecule has 0 saturated carbocycles. The summed E-state index contributed by atoms with van der Waals surface area (Å²) in [6, 6.07) is 10.2. The predicted molar refractivity (Wildman–Crippen MR) is 89.6 cm³/mol. The van der Waals surface area contributed by atoms with Gasteiger partial charge in [-0.1, -0.05) is 32.0 Å². The first-order valence-corrected chi connectivity index (χ1v) is 8.09. The Labute approximate surface area is 134 Å². The predicted octanol–water partition coefficient (Wildman–Crippen LogP) is 3.77. The minimum atomic E-state index is 0.373. The molecule has 1 N–H and O–H groups in total. The molecule has 114 valence electrons. The van der Waals surface area contributed by atoms with E-state index in [0.717, 1.165) is 22.3 Å². The zero-order chi connectivity index (χ0) is 15.5. The third kappa shape index (κ3) is 3.17. The Hall–Kier alpha value is -2.21. The lowest BCUT2D eigenvalue weighted by Gasteiger charge is -2.05. The molecule has 0 atom stereocenters.